The molecular weight excluding hydrogens is 426 g/mol. The zero-order valence-electron chi connectivity index (χ0n) is 19.3. The van der Waals surface area contributed by atoms with Crippen LogP contribution in [0.2, 0.25) is 0 Å². The number of nitrogens with zero attached hydrogens (tertiary/aromatic N) is 3. The van der Waals surface area contributed by atoms with Crippen molar-refractivity contribution >= 4 is 26.7 Å². The number of anilines is 1. The lowest BCUT2D eigenvalue weighted by Gasteiger charge is -2.35. The van der Waals surface area contributed by atoms with Crippen LogP contribution in [0.15, 0.2) is 30.3 Å². The smallest absolute Gasteiger partial charge is 0.156 e. The fourth-order valence-corrected chi connectivity index (χ4v) is 4.46. The molecule has 0 saturated carbocycles. The minimum Gasteiger partial charge on any atom is -0.377 e. The van der Waals surface area contributed by atoms with Crippen LogP contribution in [-0.4, -0.2) is 62.5 Å². The molecule has 9 heteroatoms. The van der Waals surface area contributed by atoms with Crippen molar-refractivity contribution in [3.8, 4) is 11.4 Å². The zero-order valence-corrected chi connectivity index (χ0v) is 20.1. The van der Waals surface area contributed by atoms with Crippen molar-refractivity contribution in [2.45, 2.75) is 38.1 Å². The van der Waals surface area contributed by atoms with Crippen LogP contribution in [0.4, 0.5) is 5.82 Å². The summed E-state index contributed by atoms with van der Waals surface area (Å²) >= 11 is 0. The van der Waals surface area contributed by atoms with Crippen molar-refractivity contribution < 1.29 is 13.2 Å². The standard InChI is InChI=1S/C23H31N5O3S/c1-15-14-31-9-8-28(15)22-11-16(23(2,3)32(5,29)30)10-20(27-22)19-7-6-18-21(26-19)12-17(25-18)13-24-4/h6-7,10-12,15,24-25H,8-9,13-14H2,1-5H3. The number of fused-ring (bicyclic) bond motifs is 1. The molecule has 172 valence electrons. The molecule has 1 saturated heterocycles. The Morgan fingerprint density at radius 3 is 2.69 bits per heavy atom. The minimum atomic E-state index is -3.36. The van der Waals surface area contributed by atoms with Gasteiger partial charge in [-0.25, -0.2) is 18.4 Å². The number of rotatable bonds is 6. The van der Waals surface area contributed by atoms with E-state index in [1.54, 1.807) is 13.8 Å². The highest BCUT2D eigenvalue weighted by atomic mass is 32.2. The lowest BCUT2D eigenvalue weighted by Crippen LogP contribution is -2.44. The molecule has 0 spiro atoms. The molecule has 2 N–H and O–H groups in total. The lowest BCUT2D eigenvalue weighted by atomic mass is 10.0. The van der Waals surface area contributed by atoms with E-state index in [1.807, 2.05) is 37.4 Å². The molecule has 3 aromatic rings. The van der Waals surface area contributed by atoms with Gasteiger partial charge in [0.05, 0.1) is 46.4 Å². The number of pyridine rings is 2. The second-order valence-corrected chi connectivity index (χ2v) is 11.5. The van der Waals surface area contributed by atoms with E-state index >= 15 is 0 Å². The largest absolute Gasteiger partial charge is 0.377 e. The van der Waals surface area contributed by atoms with E-state index in [4.69, 9.17) is 14.7 Å². The Hall–Kier alpha value is -2.49. The van der Waals surface area contributed by atoms with Gasteiger partial charge in [0.25, 0.3) is 0 Å². The van der Waals surface area contributed by atoms with Crippen molar-refractivity contribution in [1.29, 1.82) is 0 Å². The molecule has 1 unspecified atom stereocenters. The maximum absolute atomic E-state index is 12.6. The van der Waals surface area contributed by atoms with Crippen LogP contribution in [0.5, 0.6) is 0 Å². The van der Waals surface area contributed by atoms with Crippen molar-refractivity contribution in [3.05, 3.63) is 41.6 Å². The summed E-state index contributed by atoms with van der Waals surface area (Å²) in [6.45, 7) is 8.21. The Kier molecular flexibility index (Phi) is 6.00. The Morgan fingerprint density at radius 1 is 1.22 bits per heavy atom. The predicted molar refractivity (Wildman–Crippen MR) is 128 cm³/mol. The molecule has 32 heavy (non-hydrogen) atoms. The molecule has 4 rings (SSSR count). The summed E-state index contributed by atoms with van der Waals surface area (Å²) in [5.41, 5.74) is 4.92. The summed E-state index contributed by atoms with van der Waals surface area (Å²) in [6.07, 6.45) is 1.28. The van der Waals surface area contributed by atoms with E-state index < -0.39 is 14.6 Å². The maximum Gasteiger partial charge on any atom is 0.156 e. The quantitative estimate of drug-likeness (QED) is 0.587. The van der Waals surface area contributed by atoms with Crippen molar-refractivity contribution in [2.24, 2.45) is 0 Å². The second-order valence-electron chi connectivity index (χ2n) is 8.95. The highest BCUT2D eigenvalue weighted by molar-refractivity contribution is 7.91. The molecule has 0 aliphatic carbocycles. The Labute approximate surface area is 189 Å². The van der Waals surface area contributed by atoms with Crippen molar-refractivity contribution in [3.63, 3.8) is 0 Å². The number of hydrogen-bond donors (Lipinski definition) is 2. The number of morpholine rings is 1. The van der Waals surface area contributed by atoms with Crippen LogP contribution >= 0.6 is 0 Å². The number of ether oxygens (including phenoxy) is 1. The van der Waals surface area contributed by atoms with Gasteiger partial charge in [-0.3, -0.25) is 0 Å². The Balaban J connectivity index is 1.86. The first-order valence-corrected chi connectivity index (χ1v) is 12.7. The summed E-state index contributed by atoms with van der Waals surface area (Å²) in [7, 11) is -1.46. The highest BCUT2D eigenvalue weighted by Gasteiger charge is 2.34. The summed E-state index contributed by atoms with van der Waals surface area (Å²) in [5, 5.41) is 3.13. The van der Waals surface area contributed by atoms with Gasteiger partial charge in [-0.05, 0) is 63.7 Å². The molecule has 0 radical (unpaired) electrons. The second kappa shape index (κ2) is 8.46. The number of aromatic amines is 1. The Morgan fingerprint density at radius 2 is 2.00 bits per heavy atom. The number of hydrogen-bond acceptors (Lipinski definition) is 7. The van der Waals surface area contributed by atoms with Gasteiger partial charge in [-0.2, -0.15) is 0 Å². The first-order valence-electron chi connectivity index (χ1n) is 10.8. The number of aromatic nitrogens is 3. The van der Waals surface area contributed by atoms with E-state index in [9.17, 15) is 8.42 Å². The Bertz CT molecular complexity index is 1240. The van der Waals surface area contributed by atoms with E-state index in [1.165, 1.54) is 6.26 Å². The van der Waals surface area contributed by atoms with Gasteiger partial charge in [0.2, 0.25) is 0 Å². The van der Waals surface area contributed by atoms with Gasteiger partial charge < -0.3 is 19.9 Å². The van der Waals surface area contributed by atoms with E-state index in [2.05, 4.69) is 22.1 Å². The molecule has 1 aliphatic rings. The van der Waals surface area contributed by atoms with Gasteiger partial charge in [0.15, 0.2) is 9.84 Å². The van der Waals surface area contributed by atoms with E-state index in [-0.39, 0.29) is 6.04 Å². The molecular formula is C23H31N5O3S. The van der Waals surface area contributed by atoms with Crippen LogP contribution in [0, 0.1) is 0 Å². The first kappa shape index (κ1) is 22.7. The minimum absolute atomic E-state index is 0.143. The summed E-state index contributed by atoms with van der Waals surface area (Å²) in [5.74, 6) is 0.747. The molecule has 8 nitrogen and oxygen atoms in total. The van der Waals surface area contributed by atoms with Crippen LogP contribution in [0.3, 0.4) is 0 Å². The normalized spacial score (nSPS) is 17.8. The molecule has 1 fully saturated rings. The van der Waals surface area contributed by atoms with Gasteiger partial charge in [-0.15, -0.1) is 0 Å². The third-order valence-corrected chi connectivity index (χ3v) is 8.35. The number of H-pyrrole nitrogens is 1. The van der Waals surface area contributed by atoms with Crippen LogP contribution in [0.25, 0.3) is 22.4 Å². The van der Waals surface area contributed by atoms with Crippen molar-refractivity contribution in [1.82, 2.24) is 20.3 Å². The summed E-state index contributed by atoms with van der Waals surface area (Å²) in [6, 6.07) is 9.82. The molecule has 0 amide bonds. The molecule has 1 atom stereocenters. The SMILES string of the molecule is CNCc1cc2nc(-c3cc(C(C)(C)S(C)(=O)=O)cc(N4CCOCC4C)n3)ccc2[nH]1. The summed E-state index contributed by atoms with van der Waals surface area (Å²) in [4.78, 5) is 15.3. The molecule has 1 aliphatic heterocycles. The number of nitrogens with one attached hydrogen (secondary N) is 2. The molecule has 0 bridgehead atoms. The van der Waals surface area contributed by atoms with E-state index in [0.29, 0.717) is 36.7 Å². The molecule has 4 heterocycles. The highest BCUT2D eigenvalue weighted by Crippen LogP contribution is 2.34. The molecule has 3 aromatic heterocycles. The fourth-order valence-electron chi connectivity index (χ4n) is 3.92. The van der Waals surface area contributed by atoms with Crippen LogP contribution in [-0.2, 0) is 25.9 Å². The van der Waals surface area contributed by atoms with Gasteiger partial charge in [-0.1, -0.05) is 0 Å². The van der Waals surface area contributed by atoms with Crippen molar-refractivity contribution in [2.75, 3.05) is 38.0 Å². The van der Waals surface area contributed by atoms with Gasteiger partial charge >= 0.3 is 0 Å². The summed E-state index contributed by atoms with van der Waals surface area (Å²) < 4.78 is 29.7. The van der Waals surface area contributed by atoms with Gasteiger partial charge in [0.1, 0.15) is 5.82 Å². The fraction of sp³-hybridized carbons (Fsp3) is 0.478. The average Bonchev–Trinajstić information content (AvgIpc) is 3.15. The average molecular weight is 458 g/mol. The van der Waals surface area contributed by atoms with Crippen LogP contribution in [0.1, 0.15) is 32.0 Å². The third-order valence-electron chi connectivity index (χ3n) is 6.26. The zero-order chi connectivity index (χ0) is 23.1. The number of sulfone groups is 1. The van der Waals surface area contributed by atoms with E-state index in [0.717, 1.165) is 29.1 Å². The maximum atomic E-state index is 12.6. The first-order chi connectivity index (χ1) is 15.1. The molecule has 0 aromatic carbocycles. The topological polar surface area (TPSA) is 100 Å². The lowest BCUT2D eigenvalue weighted by molar-refractivity contribution is 0.0985. The van der Waals surface area contributed by atoms with Crippen LogP contribution < -0.4 is 10.2 Å². The predicted octanol–water partition coefficient (Wildman–Crippen LogP) is 2.85. The third kappa shape index (κ3) is 4.24. The van der Waals surface area contributed by atoms with Gasteiger partial charge in [0, 0.05) is 25.0 Å². The monoisotopic (exact) mass is 457 g/mol.